The summed E-state index contributed by atoms with van der Waals surface area (Å²) in [5.74, 6) is 1.10. The topological polar surface area (TPSA) is 29.5 Å². The molecule has 0 saturated heterocycles. The van der Waals surface area contributed by atoms with Crippen LogP contribution in [-0.2, 0) is 9.53 Å². The minimum Gasteiger partial charge on any atom is -0.374 e. The number of ether oxygens (including phenoxy) is 1. The molecular weight excluding hydrogens is 409 g/mol. The number of fused-ring (bicyclic) bond motifs is 5. The number of carbonyl (C=O) groups is 1. The van der Waals surface area contributed by atoms with Gasteiger partial charge in [0.2, 0.25) is 0 Å². The van der Waals surface area contributed by atoms with E-state index in [0.717, 1.165) is 25.7 Å². The maximum atomic E-state index is 15.5. The summed E-state index contributed by atoms with van der Waals surface area (Å²) in [6.45, 7) is 4.53. The molecule has 0 aromatic heterocycles. The highest BCUT2D eigenvalue weighted by atomic mass is 79.9. The lowest BCUT2D eigenvalue weighted by Gasteiger charge is -2.60. The summed E-state index contributed by atoms with van der Waals surface area (Å²) in [6.07, 6.45) is 9.94. The van der Waals surface area contributed by atoms with Crippen molar-refractivity contribution in [1.29, 1.82) is 0 Å². The number of hydrogen-bond donors (Lipinski definition) is 0. The number of carbonyl (C=O) groups excluding carboxylic acids is 1. The third-order valence-corrected chi connectivity index (χ3v) is 9.80. The van der Waals surface area contributed by atoms with Crippen molar-refractivity contribution in [1.82, 2.24) is 4.90 Å². The minimum absolute atomic E-state index is 0.0168. The van der Waals surface area contributed by atoms with Crippen LogP contribution >= 0.6 is 15.9 Å². The molecule has 4 saturated carbocycles. The molecule has 150 valence electrons. The van der Waals surface area contributed by atoms with Crippen molar-refractivity contribution in [3.8, 4) is 0 Å². The van der Waals surface area contributed by atoms with Gasteiger partial charge in [0.05, 0.1) is 12.2 Å². The molecule has 5 heteroatoms. The minimum atomic E-state index is -0.554. The Bertz CT molecular complexity index is 706. The van der Waals surface area contributed by atoms with Crippen LogP contribution in [0.15, 0.2) is 10.3 Å². The van der Waals surface area contributed by atoms with Crippen LogP contribution in [0.5, 0.6) is 0 Å². The van der Waals surface area contributed by atoms with Crippen LogP contribution in [-0.4, -0.2) is 36.1 Å². The van der Waals surface area contributed by atoms with Crippen molar-refractivity contribution in [2.24, 2.45) is 28.6 Å². The summed E-state index contributed by atoms with van der Waals surface area (Å²) in [6, 6.07) is -0.0168. The summed E-state index contributed by atoms with van der Waals surface area (Å²) in [5, 5.41) is 0. The zero-order valence-corrected chi connectivity index (χ0v) is 18.2. The van der Waals surface area contributed by atoms with Gasteiger partial charge in [-0.2, -0.15) is 0 Å². The number of likely N-dealkylation sites (N-methyl/N-ethyl adjacent to an activating group) is 1. The molecule has 5 rings (SSSR count). The molecule has 5 aliphatic rings. The third kappa shape index (κ3) is 2.43. The van der Waals surface area contributed by atoms with E-state index in [9.17, 15) is 4.79 Å². The van der Waals surface area contributed by atoms with Gasteiger partial charge >= 0.3 is 0 Å². The van der Waals surface area contributed by atoms with E-state index in [2.05, 4.69) is 29.8 Å². The monoisotopic (exact) mass is 439 g/mol. The Kier molecular flexibility index (Phi) is 4.16. The molecule has 27 heavy (non-hydrogen) atoms. The zero-order valence-electron chi connectivity index (χ0n) is 16.6. The van der Waals surface area contributed by atoms with Crippen LogP contribution in [0.4, 0.5) is 4.39 Å². The molecule has 0 aromatic rings. The van der Waals surface area contributed by atoms with Gasteiger partial charge in [0, 0.05) is 18.5 Å². The molecule has 0 aromatic carbocycles. The average Bonchev–Trinajstić information content (AvgIpc) is 3.40. The summed E-state index contributed by atoms with van der Waals surface area (Å²) in [4.78, 5) is 14.2. The lowest BCUT2D eigenvalue weighted by molar-refractivity contribution is -0.147. The normalized spacial score (nSPS) is 49.7. The van der Waals surface area contributed by atoms with Gasteiger partial charge in [-0.1, -0.05) is 13.8 Å². The molecule has 1 heterocycles. The Balaban J connectivity index is 1.48. The Morgan fingerprint density at radius 2 is 1.81 bits per heavy atom. The van der Waals surface area contributed by atoms with Gasteiger partial charge in [0.1, 0.15) is 10.3 Å². The molecule has 0 bridgehead atoms. The van der Waals surface area contributed by atoms with Crippen LogP contribution in [0.3, 0.4) is 0 Å². The predicted octanol–water partition coefficient (Wildman–Crippen LogP) is 5.19. The van der Waals surface area contributed by atoms with E-state index in [1.165, 1.54) is 25.7 Å². The highest BCUT2D eigenvalue weighted by Crippen LogP contribution is 2.66. The summed E-state index contributed by atoms with van der Waals surface area (Å²) in [5.41, 5.74) is -0.304. The first-order chi connectivity index (χ1) is 12.8. The van der Waals surface area contributed by atoms with Crippen LogP contribution in [0.25, 0.3) is 0 Å². The zero-order chi connectivity index (χ0) is 19.1. The molecule has 1 amide bonds. The van der Waals surface area contributed by atoms with Crippen LogP contribution in [0.2, 0.25) is 0 Å². The molecule has 0 N–H and O–H groups in total. The highest BCUT2D eigenvalue weighted by Gasteiger charge is 2.63. The second-order valence-corrected chi connectivity index (χ2v) is 11.0. The summed E-state index contributed by atoms with van der Waals surface area (Å²) < 4.78 is 22.1. The molecule has 0 radical (unpaired) electrons. The van der Waals surface area contributed by atoms with Gasteiger partial charge in [-0.05, 0) is 90.5 Å². The van der Waals surface area contributed by atoms with Crippen molar-refractivity contribution in [3.05, 3.63) is 10.3 Å². The van der Waals surface area contributed by atoms with Crippen LogP contribution in [0, 0.1) is 28.6 Å². The number of amides is 1. The molecular formula is C22H31BrFNO2. The molecule has 0 spiro atoms. The number of nitrogens with zero attached hydrogens (tertiary/aromatic N) is 1. The maximum Gasteiger partial charge on any atom is 0.263 e. The molecule has 1 aliphatic heterocycles. The fourth-order valence-corrected chi connectivity index (χ4v) is 8.18. The molecule has 2 unspecified atom stereocenters. The molecule has 4 fully saturated rings. The van der Waals surface area contributed by atoms with Gasteiger partial charge < -0.3 is 9.64 Å². The fraction of sp³-hybridized carbons (Fsp3) is 0.864. The average molecular weight is 440 g/mol. The van der Waals surface area contributed by atoms with E-state index in [-0.39, 0.29) is 27.7 Å². The highest BCUT2D eigenvalue weighted by molar-refractivity contribution is 9.12. The van der Waals surface area contributed by atoms with Crippen molar-refractivity contribution in [3.63, 3.8) is 0 Å². The molecule has 4 aliphatic carbocycles. The summed E-state index contributed by atoms with van der Waals surface area (Å²) >= 11 is 3.28. The number of halogens is 2. The third-order valence-electron chi connectivity index (χ3n) is 9.11. The molecule has 3 nitrogen and oxygen atoms in total. The fourth-order valence-electron chi connectivity index (χ4n) is 7.48. The Labute approximate surface area is 170 Å². The van der Waals surface area contributed by atoms with Crippen molar-refractivity contribution in [2.75, 3.05) is 7.05 Å². The first-order valence-corrected chi connectivity index (χ1v) is 11.6. The smallest absolute Gasteiger partial charge is 0.263 e. The number of rotatable bonds is 2. The Morgan fingerprint density at radius 1 is 1.07 bits per heavy atom. The van der Waals surface area contributed by atoms with Crippen molar-refractivity contribution in [2.45, 2.75) is 83.5 Å². The number of hydrogen-bond acceptors (Lipinski definition) is 2. The van der Waals surface area contributed by atoms with Crippen molar-refractivity contribution < 1.29 is 13.9 Å². The molecule has 7 atom stereocenters. The standard InChI is InChI=1S/C22H31BrFNO2/c1-21-11-10-15-13(14(21)7-9-17(21)27-12-4-5-12)6-8-16-22(15,2)19(24)18(23)20(26)25(16)3/h12-17H,4-11H2,1-3H3/t13-,14-,15+,16?,17?,21-,22+/m0/s1. The van der Waals surface area contributed by atoms with E-state index in [1.807, 2.05) is 7.05 Å². The maximum absolute atomic E-state index is 15.5. The largest absolute Gasteiger partial charge is 0.374 e. The van der Waals surface area contributed by atoms with Gasteiger partial charge in [-0.25, -0.2) is 4.39 Å². The van der Waals surface area contributed by atoms with E-state index in [0.29, 0.717) is 30.0 Å². The van der Waals surface area contributed by atoms with Crippen LogP contribution in [0.1, 0.15) is 65.2 Å². The second kappa shape index (κ2) is 6.04. The van der Waals surface area contributed by atoms with Gasteiger partial charge in [0.15, 0.2) is 0 Å². The van der Waals surface area contributed by atoms with Gasteiger partial charge in [-0.15, -0.1) is 0 Å². The Morgan fingerprint density at radius 3 is 2.52 bits per heavy atom. The van der Waals surface area contributed by atoms with Gasteiger partial charge in [0.25, 0.3) is 5.91 Å². The SMILES string of the molecule is CN1C(=O)C(Br)=C(F)[C@@]2(C)C1CC[C@@H]1[C@H]2CC[C@]2(C)C(OC3CC3)CC[C@@H]12. The summed E-state index contributed by atoms with van der Waals surface area (Å²) in [7, 11) is 1.85. The van der Waals surface area contributed by atoms with Crippen molar-refractivity contribution >= 4 is 21.8 Å². The predicted molar refractivity (Wildman–Crippen MR) is 106 cm³/mol. The van der Waals surface area contributed by atoms with Crippen LogP contribution < -0.4 is 0 Å². The first-order valence-electron chi connectivity index (χ1n) is 10.8. The second-order valence-electron chi connectivity index (χ2n) is 10.2. The van der Waals surface area contributed by atoms with E-state index < -0.39 is 5.41 Å². The quantitative estimate of drug-likeness (QED) is 0.591. The van der Waals surface area contributed by atoms with E-state index >= 15 is 4.39 Å². The lowest BCUT2D eigenvalue weighted by Crippen LogP contribution is -2.61. The van der Waals surface area contributed by atoms with E-state index in [1.54, 1.807) is 4.90 Å². The van der Waals surface area contributed by atoms with Gasteiger partial charge in [-0.3, -0.25) is 4.79 Å². The van der Waals surface area contributed by atoms with E-state index in [4.69, 9.17) is 4.74 Å². The first kappa shape index (κ1) is 18.6. The lowest BCUT2D eigenvalue weighted by atomic mass is 9.48. The Hall–Kier alpha value is -0.420.